The lowest BCUT2D eigenvalue weighted by Gasteiger charge is -2.19. The van der Waals surface area contributed by atoms with Crippen molar-refractivity contribution in [1.82, 2.24) is 10.6 Å². The highest BCUT2D eigenvalue weighted by molar-refractivity contribution is 5.87. The Morgan fingerprint density at radius 3 is 2.21 bits per heavy atom. The van der Waals surface area contributed by atoms with E-state index in [1.807, 2.05) is 13.8 Å². The molecule has 0 aliphatic carbocycles. The highest BCUT2D eigenvalue weighted by atomic mass is 16.2. The number of amides is 2. The molecule has 1 unspecified atom stereocenters. The summed E-state index contributed by atoms with van der Waals surface area (Å²) in [4.78, 5) is 22.9. The quantitative estimate of drug-likeness (QED) is 0.521. The van der Waals surface area contributed by atoms with Gasteiger partial charge in [-0.25, -0.2) is 0 Å². The minimum absolute atomic E-state index is 0.0377. The average molecular weight is 271 g/mol. The fourth-order valence-corrected chi connectivity index (χ4v) is 1.84. The highest BCUT2D eigenvalue weighted by Gasteiger charge is 2.20. The molecule has 4 N–H and O–H groups in total. The summed E-state index contributed by atoms with van der Waals surface area (Å²) in [7, 11) is 0. The summed E-state index contributed by atoms with van der Waals surface area (Å²) in [6, 6.07) is -0.390. The van der Waals surface area contributed by atoms with Crippen molar-refractivity contribution in [3.05, 3.63) is 0 Å². The number of carbonyl (C=O) groups excluding carboxylic acids is 2. The van der Waals surface area contributed by atoms with Crippen molar-refractivity contribution >= 4 is 11.8 Å². The topological polar surface area (TPSA) is 84.2 Å². The number of primary amides is 1. The second-order valence-corrected chi connectivity index (χ2v) is 5.73. The van der Waals surface area contributed by atoms with Crippen LogP contribution in [0.5, 0.6) is 0 Å². The molecule has 0 aliphatic rings. The van der Waals surface area contributed by atoms with Crippen molar-refractivity contribution in [3.63, 3.8) is 0 Å². The van der Waals surface area contributed by atoms with Crippen molar-refractivity contribution in [2.24, 2.45) is 11.7 Å². The van der Waals surface area contributed by atoms with Crippen molar-refractivity contribution in [2.75, 3.05) is 6.54 Å². The molecule has 0 fully saturated rings. The Hall–Kier alpha value is -1.10. The first-order chi connectivity index (χ1) is 8.82. The van der Waals surface area contributed by atoms with Crippen LogP contribution in [0, 0.1) is 5.92 Å². The maximum Gasteiger partial charge on any atom is 0.237 e. The van der Waals surface area contributed by atoms with E-state index in [2.05, 4.69) is 24.5 Å². The maximum atomic E-state index is 11.9. The maximum absolute atomic E-state index is 11.9. The smallest absolute Gasteiger partial charge is 0.237 e. The summed E-state index contributed by atoms with van der Waals surface area (Å²) in [6.07, 6.45) is 3.28. The summed E-state index contributed by atoms with van der Waals surface area (Å²) < 4.78 is 0. The molecule has 2 amide bonds. The third-order valence-corrected chi connectivity index (χ3v) is 2.76. The monoisotopic (exact) mass is 271 g/mol. The number of rotatable bonds is 10. The molecule has 112 valence electrons. The van der Waals surface area contributed by atoms with Crippen LogP contribution in [0.25, 0.3) is 0 Å². The van der Waals surface area contributed by atoms with Crippen LogP contribution in [0.3, 0.4) is 0 Å². The molecule has 0 heterocycles. The Morgan fingerprint density at radius 1 is 1.11 bits per heavy atom. The Balaban J connectivity index is 3.99. The second-order valence-electron chi connectivity index (χ2n) is 5.73. The zero-order valence-electron chi connectivity index (χ0n) is 12.7. The van der Waals surface area contributed by atoms with E-state index >= 15 is 0 Å². The summed E-state index contributed by atoms with van der Waals surface area (Å²) in [6.45, 7) is 8.90. The van der Waals surface area contributed by atoms with E-state index in [9.17, 15) is 9.59 Å². The van der Waals surface area contributed by atoms with Gasteiger partial charge in [0.25, 0.3) is 0 Å². The third kappa shape index (κ3) is 10.5. The Kier molecular flexibility index (Phi) is 9.21. The number of nitrogens with two attached hydrogens (primary N) is 1. The van der Waals surface area contributed by atoms with Crippen LogP contribution in [-0.2, 0) is 9.59 Å². The fraction of sp³-hybridized carbons (Fsp3) is 0.857. The lowest BCUT2D eigenvalue weighted by atomic mass is 10.1. The van der Waals surface area contributed by atoms with Gasteiger partial charge in [-0.3, -0.25) is 9.59 Å². The van der Waals surface area contributed by atoms with Crippen molar-refractivity contribution in [2.45, 2.75) is 65.5 Å². The number of hydrogen-bond donors (Lipinski definition) is 3. The van der Waals surface area contributed by atoms with Gasteiger partial charge in [0, 0.05) is 12.6 Å². The van der Waals surface area contributed by atoms with E-state index in [-0.39, 0.29) is 18.4 Å². The van der Waals surface area contributed by atoms with Gasteiger partial charge in [0.2, 0.25) is 11.8 Å². The molecule has 0 aliphatic heterocycles. The molecular formula is C14H29N3O2. The van der Waals surface area contributed by atoms with Gasteiger partial charge >= 0.3 is 0 Å². The molecule has 1 atom stereocenters. The molecule has 0 bridgehead atoms. The first-order valence-corrected chi connectivity index (χ1v) is 7.15. The number of unbranched alkanes of at least 4 members (excludes halogenated alkanes) is 1. The predicted molar refractivity (Wildman–Crippen MR) is 77.6 cm³/mol. The van der Waals surface area contributed by atoms with E-state index in [1.54, 1.807) is 0 Å². The van der Waals surface area contributed by atoms with E-state index in [0.717, 1.165) is 12.8 Å². The number of hydrogen-bond acceptors (Lipinski definition) is 3. The predicted octanol–water partition coefficient (Wildman–Crippen LogP) is 1.17. The highest BCUT2D eigenvalue weighted by Crippen LogP contribution is 2.05. The van der Waals surface area contributed by atoms with Crippen LogP contribution in [0.1, 0.15) is 53.4 Å². The largest absolute Gasteiger partial charge is 0.370 e. The first-order valence-electron chi connectivity index (χ1n) is 7.15. The van der Waals surface area contributed by atoms with Crippen LogP contribution in [0.2, 0.25) is 0 Å². The lowest BCUT2D eigenvalue weighted by molar-refractivity contribution is -0.127. The number of carbonyl (C=O) groups is 2. The van der Waals surface area contributed by atoms with E-state index in [4.69, 9.17) is 5.73 Å². The van der Waals surface area contributed by atoms with Gasteiger partial charge in [0.1, 0.15) is 0 Å². The summed E-state index contributed by atoms with van der Waals surface area (Å²) in [5.41, 5.74) is 5.16. The summed E-state index contributed by atoms with van der Waals surface area (Å²) in [5, 5.41) is 5.92. The third-order valence-electron chi connectivity index (χ3n) is 2.76. The lowest BCUT2D eigenvalue weighted by Crippen LogP contribution is -2.48. The number of nitrogens with one attached hydrogen (secondary N) is 2. The minimum atomic E-state index is -0.525. The van der Waals surface area contributed by atoms with Gasteiger partial charge < -0.3 is 16.4 Å². The Morgan fingerprint density at radius 2 is 1.74 bits per heavy atom. The van der Waals surface area contributed by atoms with Gasteiger partial charge in [-0.05, 0) is 12.3 Å². The Labute approximate surface area is 116 Å². The second kappa shape index (κ2) is 9.78. The first kappa shape index (κ1) is 17.9. The van der Waals surface area contributed by atoms with E-state index in [1.165, 1.54) is 6.42 Å². The van der Waals surface area contributed by atoms with Gasteiger partial charge in [0.05, 0.1) is 12.5 Å². The summed E-state index contributed by atoms with van der Waals surface area (Å²) >= 11 is 0. The molecule has 0 aromatic carbocycles. The molecule has 0 spiro atoms. The van der Waals surface area contributed by atoms with E-state index < -0.39 is 11.9 Å². The SMILES string of the molecule is CC(C)CCCCNC(=O)C(CC(N)=O)NC(C)C. The molecule has 0 radical (unpaired) electrons. The van der Waals surface area contributed by atoms with E-state index in [0.29, 0.717) is 12.5 Å². The molecule has 0 saturated carbocycles. The van der Waals surface area contributed by atoms with Gasteiger partial charge in [-0.15, -0.1) is 0 Å². The zero-order chi connectivity index (χ0) is 14.8. The van der Waals surface area contributed by atoms with Gasteiger partial charge in [-0.2, -0.15) is 0 Å². The molecule has 0 rings (SSSR count). The van der Waals surface area contributed by atoms with Gasteiger partial charge in [0.15, 0.2) is 0 Å². The van der Waals surface area contributed by atoms with Crippen molar-refractivity contribution in [3.8, 4) is 0 Å². The molecule has 19 heavy (non-hydrogen) atoms. The molecule has 0 aromatic rings. The van der Waals surface area contributed by atoms with Gasteiger partial charge in [-0.1, -0.05) is 40.5 Å². The molecule has 5 heteroatoms. The molecule has 0 saturated heterocycles. The fourth-order valence-electron chi connectivity index (χ4n) is 1.84. The summed E-state index contributed by atoms with van der Waals surface area (Å²) in [5.74, 6) is 0.0890. The van der Waals surface area contributed by atoms with Crippen LogP contribution in [0.15, 0.2) is 0 Å². The molecule has 0 aromatic heterocycles. The van der Waals surface area contributed by atoms with Crippen LogP contribution in [-0.4, -0.2) is 30.4 Å². The Bertz CT molecular complexity index is 278. The van der Waals surface area contributed by atoms with Crippen LogP contribution < -0.4 is 16.4 Å². The molecular weight excluding hydrogens is 242 g/mol. The van der Waals surface area contributed by atoms with Crippen LogP contribution >= 0.6 is 0 Å². The zero-order valence-corrected chi connectivity index (χ0v) is 12.7. The normalized spacial score (nSPS) is 12.7. The van der Waals surface area contributed by atoms with Crippen molar-refractivity contribution in [1.29, 1.82) is 0 Å². The van der Waals surface area contributed by atoms with Crippen molar-refractivity contribution < 1.29 is 9.59 Å². The van der Waals surface area contributed by atoms with Crippen LogP contribution in [0.4, 0.5) is 0 Å². The molecule has 5 nitrogen and oxygen atoms in total. The minimum Gasteiger partial charge on any atom is -0.370 e. The standard InChI is InChI=1S/C14H29N3O2/c1-10(2)7-5-6-8-16-14(19)12(9-13(15)18)17-11(3)4/h10-12,17H,5-9H2,1-4H3,(H2,15,18)(H,16,19). The average Bonchev–Trinajstić information content (AvgIpc) is 2.25.